The van der Waals surface area contributed by atoms with E-state index >= 15 is 0 Å². The van der Waals surface area contributed by atoms with Gasteiger partial charge in [0.2, 0.25) is 5.91 Å². The third-order valence-electron chi connectivity index (χ3n) is 7.78. The molecular formula is C32H36FN7O3. The Morgan fingerprint density at radius 2 is 1.91 bits per heavy atom. The highest BCUT2D eigenvalue weighted by molar-refractivity contribution is 5.92. The fraction of sp³-hybridized carbons (Fsp3) is 0.375. The fourth-order valence-electron chi connectivity index (χ4n) is 5.44. The molecule has 0 spiro atoms. The van der Waals surface area contributed by atoms with Crippen LogP contribution in [-0.2, 0) is 11.8 Å². The van der Waals surface area contributed by atoms with E-state index in [2.05, 4.69) is 10.00 Å². The molecule has 1 saturated heterocycles. The van der Waals surface area contributed by atoms with Gasteiger partial charge in [-0.1, -0.05) is 25.0 Å². The number of piperidine rings is 1. The number of aryl methyl sites for hydroxylation is 1. The fourth-order valence-corrected chi connectivity index (χ4v) is 5.44. The number of ether oxygens (including phenoxy) is 1. The molecule has 4 aromatic rings. The van der Waals surface area contributed by atoms with E-state index in [1.807, 2.05) is 43.6 Å². The third kappa shape index (κ3) is 7.10. The molecule has 10 nitrogen and oxygen atoms in total. The summed E-state index contributed by atoms with van der Waals surface area (Å²) in [6.45, 7) is 1.93. The monoisotopic (exact) mass is 585 g/mol. The van der Waals surface area contributed by atoms with Crippen LogP contribution >= 0.6 is 0 Å². The Balaban J connectivity index is 1.55. The summed E-state index contributed by atoms with van der Waals surface area (Å²) in [7, 11) is 1.87. The van der Waals surface area contributed by atoms with Gasteiger partial charge in [-0.2, -0.15) is 10.4 Å². The predicted molar refractivity (Wildman–Crippen MR) is 162 cm³/mol. The molecule has 0 atom stereocenters. The molecule has 0 saturated carbocycles. The van der Waals surface area contributed by atoms with E-state index in [4.69, 9.17) is 20.7 Å². The number of pyridine rings is 1. The second-order valence-electron chi connectivity index (χ2n) is 11.0. The Labute approximate surface area is 249 Å². The van der Waals surface area contributed by atoms with Crippen LogP contribution in [0.15, 0.2) is 48.7 Å². The van der Waals surface area contributed by atoms with Gasteiger partial charge in [0, 0.05) is 55.8 Å². The molecule has 0 radical (unpaired) electrons. The topological polar surface area (TPSA) is 142 Å². The van der Waals surface area contributed by atoms with Crippen LogP contribution in [0, 0.1) is 17.1 Å². The minimum Gasteiger partial charge on any atom is -0.493 e. The first-order valence-electron chi connectivity index (χ1n) is 14.6. The summed E-state index contributed by atoms with van der Waals surface area (Å²) in [5.74, 6) is 0.355. The Morgan fingerprint density at radius 3 is 2.65 bits per heavy atom. The SMILES string of the molecule is Cn1cc2cc(-c3c(OCCCCCCC(=O)NO)cc(N4CCC(N)CC4)nc3-c3ccc(C#N)c(F)c3)ccc2n1. The summed E-state index contributed by atoms with van der Waals surface area (Å²) in [5, 5.41) is 23.5. The molecule has 0 bridgehead atoms. The van der Waals surface area contributed by atoms with Crippen molar-refractivity contribution in [1.82, 2.24) is 20.2 Å². The summed E-state index contributed by atoms with van der Waals surface area (Å²) in [6, 6.07) is 14.5. The second-order valence-corrected chi connectivity index (χ2v) is 11.0. The number of fused-ring (bicyclic) bond motifs is 1. The minimum atomic E-state index is -0.609. The van der Waals surface area contributed by atoms with Crippen molar-refractivity contribution in [3.05, 3.63) is 60.0 Å². The smallest absolute Gasteiger partial charge is 0.243 e. The van der Waals surface area contributed by atoms with Gasteiger partial charge in [-0.05, 0) is 55.5 Å². The Bertz CT molecular complexity index is 1640. The second kappa shape index (κ2) is 13.6. The lowest BCUT2D eigenvalue weighted by molar-refractivity contribution is -0.129. The molecule has 0 aliphatic carbocycles. The number of nitrogens with one attached hydrogen (secondary N) is 1. The summed E-state index contributed by atoms with van der Waals surface area (Å²) >= 11 is 0. The lowest BCUT2D eigenvalue weighted by Gasteiger charge is -2.32. The molecule has 0 unspecified atom stereocenters. The third-order valence-corrected chi connectivity index (χ3v) is 7.78. The standard InChI is InChI=1S/C32H36FN7O3/c1-39-20-24-16-21(9-10-27(24)37-39)31-28(43-15-5-3-2-4-6-30(41)38-42)18-29(40-13-11-25(35)12-14-40)36-32(31)22-7-8-23(19-34)26(33)17-22/h7-10,16-18,20,25,42H,2-6,11-15,35H2,1H3,(H,38,41). The Kier molecular flexibility index (Phi) is 9.49. The number of hydrogen-bond donors (Lipinski definition) is 3. The van der Waals surface area contributed by atoms with Crippen LogP contribution in [0.4, 0.5) is 10.2 Å². The van der Waals surface area contributed by atoms with E-state index in [1.165, 1.54) is 12.1 Å². The van der Waals surface area contributed by atoms with Crippen molar-refractivity contribution in [2.24, 2.45) is 12.8 Å². The molecule has 5 rings (SSSR count). The zero-order valence-corrected chi connectivity index (χ0v) is 24.2. The van der Waals surface area contributed by atoms with Crippen LogP contribution in [0.2, 0.25) is 0 Å². The molecular weight excluding hydrogens is 549 g/mol. The van der Waals surface area contributed by atoms with Crippen LogP contribution in [-0.4, -0.2) is 51.6 Å². The predicted octanol–water partition coefficient (Wildman–Crippen LogP) is 5.08. The van der Waals surface area contributed by atoms with Crippen molar-refractivity contribution in [3.63, 3.8) is 0 Å². The highest BCUT2D eigenvalue weighted by atomic mass is 19.1. The van der Waals surface area contributed by atoms with Crippen molar-refractivity contribution in [1.29, 1.82) is 5.26 Å². The number of nitrogens with zero attached hydrogens (tertiary/aromatic N) is 5. The first kappa shape index (κ1) is 29.9. The van der Waals surface area contributed by atoms with Gasteiger partial charge < -0.3 is 15.4 Å². The molecule has 224 valence electrons. The number of aromatic nitrogens is 3. The molecule has 11 heteroatoms. The number of nitriles is 1. The van der Waals surface area contributed by atoms with E-state index in [9.17, 15) is 14.4 Å². The molecule has 1 amide bonds. The number of hydroxylamine groups is 1. The number of carbonyl (C=O) groups excluding carboxylic acids is 1. The van der Waals surface area contributed by atoms with Gasteiger partial charge in [0.1, 0.15) is 23.5 Å². The summed E-state index contributed by atoms with van der Waals surface area (Å²) in [6.07, 6.45) is 7.01. The molecule has 1 fully saturated rings. The van der Waals surface area contributed by atoms with Crippen LogP contribution < -0.4 is 20.9 Å². The normalized spacial score (nSPS) is 13.7. The number of rotatable bonds is 11. The molecule has 4 N–H and O–H groups in total. The number of amides is 1. The van der Waals surface area contributed by atoms with Crippen molar-refractivity contribution in [3.8, 4) is 34.2 Å². The van der Waals surface area contributed by atoms with Gasteiger partial charge in [0.15, 0.2) is 0 Å². The maximum absolute atomic E-state index is 14.9. The van der Waals surface area contributed by atoms with Gasteiger partial charge in [-0.25, -0.2) is 14.9 Å². The average molecular weight is 586 g/mol. The van der Waals surface area contributed by atoms with E-state index in [1.54, 1.807) is 16.2 Å². The van der Waals surface area contributed by atoms with Crippen LogP contribution in [0.5, 0.6) is 5.75 Å². The summed E-state index contributed by atoms with van der Waals surface area (Å²) in [5.41, 5.74) is 11.3. The number of nitrogens with two attached hydrogens (primary N) is 1. The first-order valence-corrected chi connectivity index (χ1v) is 14.6. The van der Waals surface area contributed by atoms with E-state index in [0.717, 1.165) is 73.0 Å². The lowest BCUT2D eigenvalue weighted by atomic mass is 9.96. The highest BCUT2D eigenvalue weighted by Crippen LogP contribution is 2.42. The van der Waals surface area contributed by atoms with Gasteiger partial charge in [0.05, 0.1) is 28.9 Å². The maximum Gasteiger partial charge on any atom is 0.243 e. The van der Waals surface area contributed by atoms with Crippen molar-refractivity contribution in [2.45, 2.75) is 51.0 Å². The van der Waals surface area contributed by atoms with Gasteiger partial charge >= 0.3 is 0 Å². The minimum absolute atomic E-state index is 0.0313. The molecule has 2 aromatic carbocycles. The first-order chi connectivity index (χ1) is 20.9. The number of benzene rings is 2. The number of hydrogen-bond acceptors (Lipinski definition) is 8. The maximum atomic E-state index is 14.9. The lowest BCUT2D eigenvalue weighted by Crippen LogP contribution is -2.40. The summed E-state index contributed by atoms with van der Waals surface area (Å²) in [4.78, 5) is 18.5. The largest absolute Gasteiger partial charge is 0.493 e. The molecule has 43 heavy (non-hydrogen) atoms. The molecule has 1 aliphatic heterocycles. The van der Waals surface area contributed by atoms with E-state index in [-0.39, 0.29) is 23.9 Å². The number of anilines is 1. The number of halogens is 1. The quantitative estimate of drug-likeness (QED) is 0.126. The number of carbonyl (C=O) groups is 1. The van der Waals surface area contributed by atoms with Crippen molar-refractivity contribution < 1.29 is 19.1 Å². The van der Waals surface area contributed by atoms with E-state index in [0.29, 0.717) is 30.0 Å². The van der Waals surface area contributed by atoms with Gasteiger partial charge in [-0.3, -0.25) is 14.7 Å². The van der Waals surface area contributed by atoms with Crippen molar-refractivity contribution in [2.75, 3.05) is 24.6 Å². The average Bonchev–Trinajstić information content (AvgIpc) is 3.39. The Morgan fingerprint density at radius 1 is 1.14 bits per heavy atom. The van der Waals surface area contributed by atoms with Crippen molar-refractivity contribution >= 4 is 22.6 Å². The van der Waals surface area contributed by atoms with Gasteiger partial charge in [-0.15, -0.1) is 0 Å². The zero-order chi connectivity index (χ0) is 30.3. The number of unbranched alkanes of at least 4 members (excludes halogenated alkanes) is 3. The van der Waals surface area contributed by atoms with Crippen LogP contribution in [0.25, 0.3) is 33.3 Å². The molecule has 3 heterocycles. The Hall–Kier alpha value is -4.53. The van der Waals surface area contributed by atoms with Crippen LogP contribution in [0.3, 0.4) is 0 Å². The summed E-state index contributed by atoms with van der Waals surface area (Å²) < 4.78 is 23.2. The molecule has 1 aliphatic rings. The zero-order valence-electron chi connectivity index (χ0n) is 24.2. The highest BCUT2D eigenvalue weighted by Gasteiger charge is 2.24. The van der Waals surface area contributed by atoms with Gasteiger partial charge in [0.25, 0.3) is 0 Å². The van der Waals surface area contributed by atoms with Crippen LogP contribution in [0.1, 0.15) is 50.5 Å². The molecule has 2 aromatic heterocycles. The van der Waals surface area contributed by atoms with E-state index < -0.39 is 5.82 Å².